The molecule has 0 aliphatic carbocycles. The molecule has 11 nitrogen and oxygen atoms in total. The van der Waals surface area contributed by atoms with Crippen LogP contribution in [0, 0.1) is 0 Å². The number of pyridine rings is 1. The SMILES string of the molecule is O=C(O)[C@@H]1CCCN1c1nc(N2CCN(c3ccc(O)cc3)CC2)nc2c1ncn2-c1ccncc1. The third kappa shape index (κ3) is 3.92. The first-order valence-corrected chi connectivity index (χ1v) is 12.0. The summed E-state index contributed by atoms with van der Waals surface area (Å²) in [6.07, 6.45) is 6.50. The number of aliphatic carboxylic acids is 1. The molecule has 5 heterocycles. The maximum Gasteiger partial charge on any atom is 0.326 e. The Morgan fingerprint density at radius 3 is 2.33 bits per heavy atom. The van der Waals surface area contributed by atoms with Crippen molar-refractivity contribution >= 4 is 34.6 Å². The number of carboxylic acid groups (broad SMARTS) is 1. The largest absolute Gasteiger partial charge is 0.508 e. The Morgan fingerprint density at radius 1 is 0.889 bits per heavy atom. The summed E-state index contributed by atoms with van der Waals surface area (Å²) in [5, 5.41) is 19.4. The van der Waals surface area contributed by atoms with Crippen molar-refractivity contribution in [2.45, 2.75) is 18.9 Å². The van der Waals surface area contributed by atoms with E-state index in [1.165, 1.54) is 0 Å². The van der Waals surface area contributed by atoms with Gasteiger partial charge in [0.25, 0.3) is 0 Å². The summed E-state index contributed by atoms with van der Waals surface area (Å²) in [5.41, 5.74) is 3.16. The predicted octanol–water partition coefficient (Wildman–Crippen LogP) is 2.30. The first-order valence-electron chi connectivity index (χ1n) is 12.0. The van der Waals surface area contributed by atoms with Gasteiger partial charge < -0.3 is 24.9 Å². The number of imidazole rings is 1. The summed E-state index contributed by atoms with van der Waals surface area (Å²) in [6.45, 7) is 3.56. The minimum absolute atomic E-state index is 0.249. The number of rotatable bonds is 5. The zero-order valence-corrected chi connectivity index (χ0v) is 19.6. The van der Waals surface area contributed by atoms with E-state index in [9.17, 15) is 15.0 Å². The number of phenolic OH excluding ortho intramolecular Hbond substituents is 1. The number of piperazine rings is 1. The monoisotopic (exact) mass is 486 g/mol. The Hall–Kier alpha value is -4.41. The highest BCUT2D eigenvalue weighted by Gasteiger charge is 2.34. The molecule has 0 saturated carbocycles. The highest BCUT2D eigenvalue weighted by molar-refractivity contribution is 5.89. The minimum atomic E-state index is -0.850. The minimum Gasteiger partial charge on any atom is -0.508 e. The summed E-state index contributed by atoms with van der Waals surface area (Å²) >= 11 is 0. The molecule has 184 valence electrons. The Balaban J connectivity index is 1.37. The Kier molecular flexibility index (Phi) is 5.51. The first kappa shape index (κ1) is 22.1. The quantitative estimate of drug-likeness (QED) is 0.434. The standard InChI is InChI=1S/C25H26N8O3/c34-19-5-3-17(4-6-19)30-12-14-31(15-13-30)25-28-22(32-11-1-2-20(32)24(35)36)21-23(29-25)33(16-27-21)18-7-9-26-10-8-18/h3-10,16,20,34H,1-2,11-15H2,(H,35,36)/t20-/m0/s1. The lowest BCUT2D eigenvalue weighted by Crippen LogP contribution is -2.47. The second kappa shape index (κ2) is 8.99. The lowest BCUT2D eigenvalue weighted by molar-refractivity contribution is -0.138. The van der Waals surface area contributed by atoms with Crippen LogP contribution in [0.15, 0.2) is 55.1 Å². The molecule has 2 aliphatic rings. The normalized spacial score (nSPS) is 18.2. The molecule has 3 aromatic heterocycles. The van der Waals surface area contributed by atoms with Crippen molar-refractivity contribution in [3.05, 3.63) is 55.1 Å². The molecule has 2 N–H and O–H groups in total. The number of benzene rings is 1. The number of hydrogen-bond acceptors (Lipinski definition) is 9. The zero-order valence-electron chi connectivity index (χ0n) is 19.6. The van der Waals surface area contributed by atoms with E-state index in [2.05, 4.69) is 19.8 Å². The number of phenols is 1. The van der Waals surface area contributed by atoms with Crippen LogP contribution >= 0.6 is 0 Å². The molecule has 0 unspecified atom stereocenters. The van der Waals surface area contributed by atoms with Gasteiger partial charge in [-0.25, -0.2) is 9.78 Å². The van der Waals surface area contributed by atoms with E-state index in [4.69, 9.17) is 9.97 Å². The predicted molar refractivity (Wildman–Crippen MR) is 135 cm³/mol. The number of carbonyl (C=O) groups is 1. The summed E-state index contributed by atoms with van der Waals surface area (Å²) in [7, 11) is 0. The van der Waals surface area contributed by atoms with Gasteiger partial charge in [-0.05, 0) is 49.2 Å². The molecule has 2 saturated heterocycles. The molecule has 2 aliphatic heterocycles. The Labute approximate surface area is 207 Å². The molecule has 0 radical (unpaired) electrons. The van der Waals surface area contributed by atoms with Crippen LogP contribution < -0.4 is 14.7 Å². The van der Waals surface area contributed by atoms with Crippen LogP contribution in [0.3, 0.4) is 0 Å². The van der Waals surface area contributed by atoms with Gasteiger partial charge in [-0.15, -0.1) is 0 Å². The smallest absolute Gasteiger partial charge is 0.326 e. The zero-order chi connectivity index (χ0) is 24.6. The number of fused-ring (bicyclic) bond motifs is 1. The molecule has 6 rings (SSSR count). The topological polar surface area (TPSA) is 124 Å². The Morgan fingerprint density at radius 2 is 1.61 bits per heavy atom. The van der Waals surface area contributed by atoms with Crippen LogP contribution in [0.5, 0.6) is 5.75 Å². The van der Waals surface area contributed by atoms with E-state index >= 15 is 0 Å². The van der Waals surface area contributed by atoms with Gasteiger partial charge in [-0.3, -0.25) is 9.55 Å². The van der Waals surface area contributed by atoms with E-state index in [0.717, 1.165) is 30.9 Å². The van der Waals surface area contributed by atoms with Crippen molar-refractivity contribution in [3.8, 4) is 11.4 Å². The average Bonchev–Trinajstić information content (AvgIpc) is 3.57. The fraction of sp³-hybridized carbons (Fsp3) is 0.320. The van der Waals surface area contributed by atoms with Crippen molar-refractivity contribution in [1.82, 2.24) is 24.5 Å². The van der Waals surface area contributed by atoms with Crippen LogP contribution in [-0.2, 0) is 4.79 Å². The fourth-order valence-electron chi connectivity index (χ4n) is 5.01. The van der Waals surface area contributed by atoms with Crippen molar-refractivity contribution in [1.29, 1.82) is 0 Å². The summed E-state index contributed by atoms with van der Waals surface area (Å²) < 4.78 is 1.89. The number of nitrogens with zero attached hydrogens (tertiary/aromatic N) is 8. The van der Waals surface area contributed by atoms with Gasteiger partial charge >= 0.3 is 5.97 Å². The number of hydrogen-bond donors (Lipinski definition) is 2. The van der Waals surface area contributed by atoms with Gasteiger partial charge in [0.15, 0.2) is 17.0 Å². The van der Waals surface area contributed by atoms with E-state index in [1.807, 2.05) is 33.7 Å². The van der Waals surface area contributed by atoms with Gasteiger partial charge in [-0.2, -0.15) is 9.97 Å². The van der Waals surface area contributed by atoms with Crippen LogP contribution in [0.1, 0.15) is 12.8 Å². The number of aromatic hydroxyl groups is 1. The maximum atomic E-state index is 12.0. The van der Waals surface area contributed by atoms with E-state index in [1.54, 1.807) is 30.9 Å². The van der Waals surface area contributed by atoms with Crippen LogP contribution in [0.25, 0.3) is 16.9 Å². The maximum absolute atomic E-state index is 12.0. The van der Waals surface area contributed by atoms with E-state index in [0.29, 0.717) is 49.0 Å². The molecule has 11 heteroatoms. The molecule has 0 amide bonds. The van der Waals surface area contributed by atoms with E-state index < -0.39 is 12.0 Å². The van der Waals surface area contributed by atoms with Crippen molar-refractivity contribution in [2.75, 3.05) is 47.4 Å². The summed E-state index contributed by atoms with van der Waals surface area (Å²) in [5.74, 6) is 0.527. The highest BCUT2D eigenvalue weighted by Crippen LogP contribution is 2.32. The fourth-order valence-corrected chi connectivity index (χ4v) is 5.01. The van der Waals surface area contributed by atoms with Gasteiger partial charge in [-0.1, -0.05) is 0 Å². The van der Waals surface area contributed by atoms with Crippen molar-refractivity contribution < 1.29 is 15.0 Å². The van der Waals surface area contributed by atoms with Crippen LogP contribution in [-0.4, -0.2) is 79.5 Å². The lowest BCUT2D eigenvalue weighted by atomic mass is 10.2. The van der Waals surface area contributed by atoms with Crippen LogP contribution in [0.2, 0.25) is 0 Å². The van der Waals surface area contributed by atoms with Gasteiger partial charge in [0.1, 0.15) is 18.1 Å². The van der Waals surface area contributed by atoms with E-state index in [-0.39, 0.29) is 5.75 Å². The van der Waals surface area contributed by atoms with Gasteiger partial charge in [0.05, 0.1) is 5.69 Å². The second-order valence-corrected chi connectivity index (χ2v) is 9.02. The third-order valence-corrected chi connectivity index (χ3v) is 6.89. The summed E-state index contributed by atoms with van der Waals surface area (Å²) in [6, 6.07) is 10.4. The molecule has 1 atom stereocenters. The van der Waals surface area contributed by atoms with Gasteiger partial charge in [0, 0.05) is 50.8 Å². The first-order chi connectivity index (χ1) is 17.6. The number of aromatic nitrogens is 5. The highest BCUT2D eigenvalue weighted by atomic mass is 16.4. The van der Waals surface area contributed by atoms with Gasteiger partial charge in [0.2, 0.25) is 5.95 Å². The molecular weight excluding hydrogens is 460 g/mol. The molecule has 36 heavy (non-hydrogen) atoms. The van der Waals surface area contributed by atoms with Crippen molar-refractivity contribution in [2.24, 2.45) is 0 Å². The molecular formula is C25H26N8O3. The average molecular weight is 487 g/mol. The number of carboxylic acids is 1. The molecule has 0 bridgehead atoms. The third-order valence-electron chi connectivity index (χ3n) is 6.89. The molecule has 0 spiro atoms. The van der Waals surface area contributed by atoms with Crippen LogP contribution in [0.4, 0.5) is 17.5 Å². The summed E-state index contributed by atoms with van der Waals surface area (Å²) in [4.78, 5) is 36.8. The Bertz CT molecular complexity index is 1380. The number of anilines is 3. The molecule has 2 fully saturated rings. The lowest BCUT2D eigenvalue weighted by Gasteiger charge is -2.36. The second-order valence-electron chi connectivity index (χ2n) is 9.02. The molecule has 4 aromatic rings. The molecule has 1 aromatic carbocycles. The van der Waals surface area contributed by atoms with Crippen molar-refractivity contribution in [3.63, 3.8) is 0 Å².